The zero-order chi connectivity index (χ0) is 12.4. The molecule has 2 aliphatic rings. The summed E-state index contributed by atoms with van der Waals surface area (Å²) in [6.07, 6.45) is 6.13. The molecule has 4 nitrogen and oxygen atoms in total. The van der Waals surface area contributed by atoms with Crippen molar-refractivity contribution in [3.8, 4) is 0 Å². The maximum Gasteiger partial charge on any atom is 0.239 e. The molecule has 0 bridgehead atoms. The van der Waals surface area contributed by atoms with Gasteiger partial charge in [0.1, 0.15) is 0 Å². The van der Waals surface area contributed by atoms with E-state index in [4.69, 9.17) is 0 Å². The van der Waals surface area contributed by atoms with Gasteiger partial charge in [0.05, 0.1) is 11.0 Å². The second-order valence-electron chi connectivity index (χ2n) is 5.12. The van der Waals surface area contributed by atoms with E-state index in [-0.39, 0.29) is 30.9 Å². The zero-order valence-corrected chi connectivity index (χ0v) is 13.7. The van der Waals surface area contributed by atoms with Gasteiger partial charge < -0.3 is 10.2 Å². The largest absolute Gasteiger partial charge is 0.341 e. The molecule has 0 spiro atoms. The molecule has 3 rings (SSSR count). The predicted molar refractivity (Wildman–Crippen MR) is 86.2 cm³/mol. The maximum atomic E-state index is 12.2. The van der Waals surface area contributed by atoms with Crippen molar-refractivity contribution >= 4 is 42.1 Å². The van der Waals surface area contributed by atoms with Gasteiger partial charge in [-0.2, -0.15) is 0 Å². The fraction of sp³-hybridized carbons (Fsp3) is 0.692. The Bertz CT molecular complexity index is 402. The lowest BCUT2D eigenvalue weighted by atomic mass is 9.97. The van der Waals surface area contributed by atoms with Crippen LogP contribution in [0.2, 0.25) is 0 Å². The molecule has 2 saturated heterocycles. The highest BCUT2D eigenvalue weighted by molar-refractivity contribution is 7.09. The van der Waals surface area contributed by atoms with E-state index in [1.807, 2.05) is 16.5 Å². The van der Waals surface area contributed by atoms with Gasteiger partial charge in [0.25, 0.3) is 0 Å². The molecule has 0 saturated carbocycles. The van der Waals surface area contributed by atoms with Crippen molar-refractivity contribution in [3.63, 3.8) is 0 Å². The summed E-state index contributed by atoms with van der Waals surface area (Å²) in [6.45, 7) is 2.77. The Labute approximate surface area is 136 Å². The van der Waals surface area contributed by atoms with Crippen LogP contribution in [0.1, 0.15) is 36.6 Å². The number of thiazole rings is 1. The molecule has 1 amide bonds. The molecule has 3 heterocycles. The van der Waals surface area contributed by atoms with Gasteiger partial charge in [-0.05, 0) is 32.2 Å². The molecule has 1 aromatic heterocycles. The molecule has 0 aliphatic carbocycles. The van der Waals surface area contributed by atoms with Gasteiger partial charge >= 0.3 is 0 Å². The Morgan fingerprint density at radius 1 is 1.30 bits per heavy atom. The highest BCUT2D eigenvalue weighted by atomic mass is 35.5. The zero-order valence-electron chi connectivity index (χ0n) is 11.3. The second kappa shape index (κ2) is 8.17. The van der Waals surface area contributed by atoms with Crippen LogP contribution in [0, 0.1) is 0 Å². The summed E-state index contributed by atoms with van der Waals surface area (Å²) in [4.78, 5) is 18.7. The molecule has 0 radical (unpaired) electrons. The summed E-state index contributed by atoms with van der Waals surface area (Å²) >= 11 is 1.74. The number of carbonyl (C=O) groups excluding carboxylic acids is 1. The van der Waals surface area contributed by atoms with Crippen LogP contribution in [0.15, 0.2) is 11.6 Å². The van der Waals surface area contributed by atoms with E-state index in [0.29, 0.717) is 11.8 Å². The van der Waals surface area contributed by atoms with Crippen molar-refractivity contribution in [1.82, 2.24) is 15.2 Å². The van der Waals surface area contributed by atoms with Crippen molar-refractivity contribution in [2.24, 2.45) is 0 Å². The Hall–Kier alpha value is -0.360. The van der Waals surface area contributed by atoms with Gasteiger partial charge in [-0.25, -0.2) is 4.98 Å². The van der Waals surface area contributed by atoms with E-state index in [0.717, 1.165) is 45.3 Å². The minimum absolute atomic E-state index is 0. The summed E-state index contributed by atoms with van der Waals surface area (Å²) < 4.78 is 0. The number of hydrogen-bond donors (Lipinski definition) is 1. The molecule has 1 unspecified atom stereocenters. The number of aromatic nitrogens is 1. The van der Waals surface area contributed by atoms with Gasteiger partial charge in [-0.3, -0.25) is 4.79 Å². The SMILES string of the molecule is Cl.Cl.O=C(C1CCCN1)N1CCC(c2nccs2)CC1. The third-order valence-corrected chi connectivity index (χ3v) is 4.90. The van der Waals surface area contributed by atoms with Gasteiger partial charge in [0.2, 0.25) is 5.91 Å². The molecule has 2 fully saturated rings. The average molecular weight is 338 g/mol. The first kappa shape index (κ1) is 17.7. The smallest absolute Gasteiger partial charge is 0.239 e. The minimum atomic E-state index is 0. The van der Waals surface area contributed by atoms with Gasteiger partial charge in [-0.1, -0.05) is 0 Å². The number of nitrogens with zero attached hydrogens (tertiary/aromatic N) is 2. The Balaban J connectivity index is 0.000001000. The third-order valence-electron chi connectivity index (χ3n) is 3.97. The van der Waals surface area contributed by atoms with Crippen LogP contribution in [0.5, 0.6) is 0 Å². The summed E-state index contributed by atoms with van der Waals surface area (Å²) in [5.41, 5.74) is 0. The first-order valence-electron chi connectivity index (χ1n) is 6.76. The fourth-order valence-electron chi connectivity index (χ4n) is 2.90. The van der Waals surface area contributed by atoms with E-state index in [9.17, 15) is 4.79 Å². The topological polar surface area (TPSA) is 45.2 Å². The predicted octanol–water partition coefficient (Wildman–Crippen LogP) is 2.44. The highest BCUT2D eigenvalue weighted by Crippen LogP contribution is 2.29. The molecule has 1 aromatic rings. The highest BCUT2D eigenvalue weighted by Gasteiger charge is 2.30. The Morgan fingerprint density at radius 3 is 2.60 bits per heavy atom. The quantitative estimate of drug-likeness (QED) is 0.901. The van der Waals surface area contributed by atoms with Crippen LogP contribution < -0.4 is 5.32 Å². The molecule has 114 valence electrons. The molecule has 2 aliphatic heterocycles. The van der Waals surface area contributed by atoms with Crippen molar-refractivity contribution in [3.05, 3.63) is 16.6 Å². The average Bonchev–Trinajstić information content (AvgIpc) is 3.11. The lowest BCUT2D eigenvalue weighted by Gasteiger charge is -2.32. The number of piperidine rings is 1. The van der Waals surface area contributed by atoms with E-state index in [2.05, 4.69) is 10.3 Å². The van der Waals surface area contributed by atoms with E-state index < -0.39 is 0 Å². The maximum absolute atomic E-state index is 12.2. The molecular weight excluding hydrogens is 317 g/mol. The van der Waals surface area contributed by atoms with Crippen LogP contribution >= 0.6 is 36.2 Å². The summed E-state index contributed by atoms with van der Waals surface area (Å²) in [5.74, 6) is 0.871. The van der Waals surface area contributed by atoms with Gasteiger partial charge in [-0.15, -0.1) is 36.2 Å². The fourth-order valence-corrected chi connectivity index (χ4v) is 3.71. The van der Waals surface area contributed by atoms with Crippen LogP contribution in [-0.4, -0.2) is 41.5 Å². The number of likely N-dealkylation sites (tertiary alicyclic amines) is 1. The van der Waals surface area contributed by atoms with Crippen LogP contribution in [-0.2, 0) is 4.79 Å². The summed E-state index contributed by atoms with van der Waals surface area (Å²) in [6, 6.07) is 0.0846. The Kier molecular flexibility index (Phi) is 7.23. The first-order valence-corrected chi connectivity index (χ1v) is 7.64. The van der Waals surface area contributed by atoms with Crippen LogP contribution in [0.25, 0.3) is 0 Å². The lowest BCUT2D eigenvalue weighted by Crippen LogP contribution is -2.46. The van der Waals surface area contributed by atoms with Crippen molar-refractivity contribution in [1.29, 1.82) is 0 Å². The third kappa shape index (κ3) is 3.85. The standard InChI is InChI=1S/C13H19N3OS.2ClH/c17-13(11-2-1-5-14-11)16-7-3-10(4-8-16)12-15-6-9-18-12;;/h6,9-11,14H,1-5,7-8H2;2*1H. The monoisotopic (exact) mass is 337 g/mol. The van der Waals surface area contributed by atoms with Crippen molar-refractivity contribution in [2.75, 3.05) is 19.6 Å². The number of hydrogen-bond acceptors (Lipinski definition) is 4. The molecule has 1 atom stereocenters. The molecule has 20 heavy (non-hydrogen) atoms. The van der Waals surface area contributed by atoms with Crippen LogP contribution in [0.4, 0.5) is 0 Å². The summed E-state index contributed by atoms with van der Waals surface area (Å²) in [7, 11) is 0. The molecule has 1 N–H and O–H groups in total. The molecule has 7 heteroatoms. The van der Waals surface area contributed by atoms with E-state index >= 15 is 0 Å². The van der Waals surface area contributed by atoms with Gasteiger partial charge in [0, 0.05) is 30.6 Å². The second-order valence-corrected chi connectivity index (χ2v) is 6.04. The first-order chi connectivity index (χ1) is 8.84. The summed E-state index contributed by atoms with van der Waals surface area (Å²) in [5, 5.41) is 6.57. The van der Waals surface area contributed by atoms with E-state index in [1.54, 1.807) is 11.3 Å². The van der Waals surface area contributed by atoms with Gasteiger partial charge in [0.15, 0.2) is 0 Å². The number of amides is 1. The normalized spacial score (nSPS) is 23.0. The Morgan fingerprint density at radius 2 is 2.05 bits per heavy atom. The van der Waals surface area contributed by atoms with E-state index in [1.165, 1.54) is 5.01 Å². The number of halogens is 2. The minimum Gasteiger partial charge on any atom is -0.341 e. The number of rotatable bonds is 2. The molecular formula is C13H21Cl2N3OS. The molecule has 0 aromatic carbocycles. The van der Waals surface area contributed by atoms with Crippen molar-refractivity contribution in [2.45, 2.75) is 37.6 Å². The van der Waals surface area contributed by atoms with Crippen molar-refractivity contribution < 1.29 is 4.79 Å². The number of nitrogens with one attached hydrogen (secondary N) is 1. The number of carbonyl (C=O) groups is 1. The van der Waals surface area contributed by atoms with Crippen LogP contribution in [0.3, 0.4) is 0 Å². The lowest BCUT2D eigenvalue weighted by molar-refractivity contribution is -0.134.